The van der Waals surface area contributed by atoms with Crippen LogP contribution in [-0.2, 0) is 15.9 Å². The van der Waals surface area contributed by atoms with Gasteiger partial charge in [-0.1, -0.05) is 17.7 Å². The van der Waals surface area contributed by atoms with Crippen molar-refractivity contribution in [3.8, 4) is 0 Å². The summed E-state index contributed by atoms with van der Waals surface area (Å²) in [5.74, 6) is 0.343. The zero-order chi connectivity index (χ0) is 20.3. The van der Waals surface area contributed by atoms with Gasteiger partial charge in [-0.3, -0.25) is 0 Å². The smallest absolute Gasteiger partial charge is 0.164 e. The third-order valence-electron chi connectivity index (χ3n) is 5.78. The number of ether oxygens (including phenoxy) is 2. The Morgan fingerprint density at radius 1 is 1.24 bits per heavy atom. The predicted molar refractivity (Wildman–Crippen MR) is 106 cm³/mol. The maximum Gasteiger partial charge on any atom is 0.164 e. The first-order valence-electron chi connectivity index (χ1n) is 9.45. The lowest BCUT2D eigenvalue weighted by molar-refractivity contribution is -0.113. The van der Waals surface area contributed by atoms with Crippen molar-refractivity contribution in [2.45, 2.75) is 44.0 Å². The molecule has 2 aliphatic rings. The second-order valence-electron chi connectivity index (χ2n) is 7.53. The number of hydrogen-bond acceptors (Lipinski definition) is 7. The number of aromatic nitrogens is 3. The van der Waals surface area contributed by atoms with Crippen LogP contribution in [0, 0.1) is 6.92 Å². The van der Waals surface area contributed by atoms with Crippen LogP contribution in [0.4, 0.5) is 5.82 Å². The molecule has 4 heterocycles. The minimum absolute atomic E-state index is 0.343. The molecule has 8 nitrogen and oxygen atoms in total. The second-order valence-corrected chi connectivity index (χ2v) is 7.94. The largest absolute Gasteiger partial charge is 0.387 e. The lowest BCUT2D eigenvalue weighted by atomic mass is 9.90. The number of aliphatic hydroxyl groups excluding tert-OH is 2. The van der Waals surface area contributed by atoms with Gasteiger partial charge in [0.2, 0.25) is 0 Å². The molecule has 152 valence electrons. The Kier molecular flexibility index (Phi) is 4.49. The second kappa shape index (κ2) is 6.93. The van der Waals surface area contributed by atoms with E-state index in [2.05, 4.69) is 9.97 Å². The number of nitrogen functional groups attached to an aromatic ring is 1. The molecular formula is C20H21ClN4O4. The first kappa shape index (κ1) is 18.8. The van der Waals surface area contributed by atoms with Gasteiger partial charge in [-0.15, -0.1) is 0 Å². The Morgan fingerprint density at radius 3 is 2.90 bits per heavy atom. The highest BCUT2D eigenvalue weighted by molar-refractivity contribution is 6.31. The summed E-state index contributed by atoms with van der Waals surface area (Å²) in [5, 5.41) is 22.9. The summed E-state index contributed by atoms with van der Waals surface area (Å²) in [6.07, 6.45) is -0.563. The fraction of sp³-hybridized carbons (Fsp3) is 0.400. The molecule has 5 atom stereocenters. The van der Waals surface area contributed by atoms with Gasteiger partial charge in [0.05, 0.1) is 12.0 Å². The fourth-order valence-electron chi connectivity index (χ4n) is 4.25. The molecule has 3 aromatic rings. The fourth-order valence-corrected chi connectivity index (χ4v) is 4.43. The highest BCUT2D eigenvalue weighted by atomic mass is 35.5. The van der Waals surface area contributed by atoms with Crippen molar-refractivity contribution in [2.75, 3.05) is 12.3 Å². The molecule has 0 spiro atoms. The number of aliphatic hydroxyl groups is 2. The van der Waals surface area contributed by atoms with E-state index in [4.69, 9.17) is 26.8 Å². The standard InChI is InChI=1S/C20H21ClN4O4/c1-9-6-12-10(7-13(9)21)3-5-28-16(12)17-14(26)15(27)20(29-17)25-4-2-11-18(22)23-8-24-19(11)25/h2,4,6-8,14-17,20,26-27H,3,5H2,1H3,(H2,22,23,24)/t14-,15+,16+,17-,20+/m0/s1. The number of anilines is 1. The lowest BCUT2D eigenvalue weighted by Crippen LogP contribution is -2.37. The van der Waals surface area contributed by atoms with Crippen LogP contribution in [-0.4, -0.2) is 49.7 Å². The molecule has 2 aliphatic heterocycles. The van der Waals surface area contributed by atoms with Gasteiger partial charge >= 0.3 is 0 Å². The van der Waals surface area contributed by atoms with Crippen molar-refractivity contribution < 1.29 is 19.7 Å². The number of nitrogens with two attached hydrogens (primary N) is 1. The average molecular weight is 417 g/mol. The molecule has 9 heteroatoms. The summed E-state index contributed by atoms with van der Waals surface area (Å²) in [5.41, 5.74) is 9.36. The minimum atomic E-state index is -1.16. The van der Waals surface area contributed by atoms with Crippen molar-refractivity contribution in [3.05, 3.63) is 52.4 Å². The highest BCUT2D eigenvalue weighted by Gasteiger charge is 2.49. The molecule has 0 unspecified atom stereocenters. The maximum absolute atomic E-state index is 10.8. The number of fused-ring (bicyclic) bond motifs is 2. The van der Waals surface area contributed by atoms with E-state index in [0.29, 0.717) is 28.5 Å². The Balaban J connectivity index is 1.51. The van der Waals surface area contributed by atoms with Crippen LogP contribution >= 0.6 is 11.6 Å². The van der Waals surface area contributed by atoms with E-state index in [1.165, 1.54) is 6.33 Å². The Hall–Kier alpha value is -2.23. The summed E-state index contributed by atoms with van der Waals surface area (Å²) >= 11 is 6.28. The summed E-state index contributed by atoms with van der Waals surface area (Å²) < 4.78 is 13.8. The molecule has 2 aromatic heterocycles. The number of hydrogen-bond donors (Lipinski definition) is 3. The molecule has 1 fully saturated rings. The highest BCUT2D eigenvalue weighted by Crippen LogP contribution is 2.42. The van der Waals surface area contributed by atoms with Crippen molar-refractivity contribution in [2.24, 2.45) is 0 Å². The van der Waals surface area contributed by atoms with Crippen LogP contribution in [0.25, 0.3) is 11.0 Å². The van der Waals surface area contributed by atoms with E-state index in [-0.39, 0.29) is 0 Å². The normalized spacial score (nSPS) is 29.3. The molecule has 0 aliphatic carbocycles. The van der Waals surface area contributed by atoms with Crippen molar-refractivity contribution in [3.63, 3.8) is 0 Å². The van der Waals surface area contributed by atoms with E-state index < -0.39 is 30.6 Å². The van der Waals surface area contributed by atoms with Gasteiger partial charge in [-0.25, -0.2) is 9.97 Å². The van der Waals surface area contributed by atoms with Gasteiger partial charge in [0, 0.05) is 11.2 Å². The molecule has 0 bridgehead atoms. The molecule has 0 amide bonds. The van der Waals surface area contributed by atoms with Crippen LogP contribution in [0.2, 0.25) is 5.02 Å². The zero-order valence-corrected chi connectivity index (χ0v) is 16.5. The summed E-state index contributed by atoms with van der Waals surface area (Å²) in [6, 6.07) is 5.67. The molecule has 4 N–H and O–H groups in total. The third kappa shape index (κ3) is 2.91. The van der Waals surface area contributed by atoms with Gasteiger partial charge in [-0.05, 0) is 42.2 Å². The maximum atomic E-state index is 10.8. The van der Waals surface area contributed by atoms with Crippen molar-refractivity contribution >= 4 is 28.5 Å². The lowest BCUT2D eigenvalue weighted by Gasteiger charge is -2.32. The summed E-state index contributed by atoms with van der Waals surface area (Å²) in [7, 11) is 0. The molecule has 1 aromatic carbocycles. The number of rotatable bonds is 2. The molecule has 1 saturated heterocycles. The minimum Gasteiger partial charge on any atom is -0.387 e. The van der Waals surface area contributed by atoms with Gasteiger partial charge in [0.25, 0.3) is 0 Å². The van der Waals surface area contributed by atoms with Crippen LogP contribution in [0.5, 0.6) is 0 Å². The number of benzene rings is 1. The average Bonchev–Trinajstić information content (AvgIpc) is 3.25. The monoisotopic (exact) mass is 416 g/mol. The number of nitrogens with zero attached hydrogens (tertiary/aromatic N) is 3. The molecular weight excluding hydrogens is 396 g/mol. The topological polar surface area (TPSA) is 116 Å². The molecule has 0 saturated carbocycles. The van der Waals surface area contributed by atoms with E-state index in [9.17, 15) is 10.2 Å². The quantitative estimate of drug-likeness (QED) is 0.584. The third-order valence-corrected chi connectivity index (χ3v) is 6.19. The van der Waals surface area contributed by atoms with Gasteiger partial charge in [-0.2, -0.15) is 0 Å². The molecule has 0 radical (unpaired) electrons. The first-order chi connectivity index (χ1) is 14.0. The van der Waals surface area contributed by atoms with Gasteiger partial charge in [0.15, 0.2) is 6.23 Å². The van der Waals surface area contributed by atoms with Crippen LogP contribution < -0.4 is 5.73 Å². The summed E-state index contributed by atoms with van der Waals surface area (Å²) in [4.78, 5) is 8.23. The van der Waals surface area contributed by atoms with Crippen LogP contribution in [0.15, 0.2) is 30.7 Å². The van der Waals surface area contributed by atoms with Gasteiger partial charge < -0.3 is 30.0 Å². The zero-order valence-electron chi connectivity index (χ0n) is 15.7. The van der Waals surface area contributed by atoms with Crippen molar-refractivity contribution in [1.82, 2.24) is 14.5 Å². The Labute approximate surface area is 171 Å². The van der Waals surface area contributed by atoms with E-state index >= 15 is 0 Å². The van der Waals surface area contributed by atoms with E-state index in [1.807, 2.05) is 19.1 Å². The first-order valence-corrected chi connectivity index (χ1v) is 9.82. The van der Waals surface area contributed by atoms with Crippen LogP contribution in [0.3, 0.4) is 0 Å². The Bertz CT molecular complexity index is 1090. The molecule has 5 rings (SSSR count). The van der Waals surface area contributed by atoms with Gasteiger partial charge in [0.1, 0.15) is 42.2 Å². The van der Waals surface area contributed by atoms with Crippen LogP contribution in [0.1, 0.15) is 29.0 Å². The number of aryl methyl sites for hydroxylation is 1. The van der Waals surface area contributed by atoms with E-state index in [0.717, 1.165) is 23.1 Å². The molecule has 29 heavy (non-hydrogen) atoms. The SMILES string of the molecule is Cc1cc2c(cc1Cl)CCO[C@H]2[C@H]1O[C@@H](n2ccc3c(N)ncnc32)[C@H](O)[C@@H]1O. The van der Waals surface area contributed by atoms with Crippen molar-refractivity contribution in [1.29, 1.82) is 0 Å². The Morgan fingerprint density at radius 2 is 2.07 bits per heavy atom. The number of halogens is 1. The van der Waals surface area contributed by atoms with E-state index in [1.54, 1.807) is 16.8 Å². The predicted octanol–water partition coefficient (Wildman–Crippen LogP) is 1.91. The summed E-state index contributed by atoms with van der Waals surface area (Å²) in [6.45, 7) is 2.41.